The van der Waals surface area contributed by atoms with Gasteiger partial charge in [-0.05, 0) is 48.8 Å². The predicted molar refractivity (Wildman–Crippen MR) is 97.6 cm³/mol. The molecule has 2 heterocycles. The van der Waals surface area contributed by atoms with Gasteiger partial charge >= 0.3 is 0 Å². The lowest BCUT2D eigenvalue weighted by molar-refractivity contribution is 0.0934. The minimum atomic E-state index is -0.482. The monoisotopic (exact) mass is 378 g/mol. The number of benzene rings is 1. The van der Waals surface area contributed by atoms with Gasteiger partial charge in [-0.25, -0.2) is 4.39 Å². The third-order valence-electron chi connectivity index (χ3n) is 3.74. The van der Waals surface area contributed by atoms with Gasteiger partial charge in [0, 0.05) is 6.20 Å². The van der Waals surface area contributed by atoms with Crippen LogP contribution in [0, 0.1) is 5.82 Å². The number of fused-ring (bicyclic) bond motifs is 1. The summed E-state index contributed by atoms with van der Waals surface area (Å²) in [6.07, 6.45) is 4.53. The van der Waals surface area contributed by atoms with Gasteiger partial charge in [0.1, 0.15) is 5.82 Å². The number of aromatic nitrogens is 3. The van der Waals surface area contributed by atoms with Crippen molar-refractivity contribution < 1.29 is 9.18 Å². The molecule has 0 aliphatic carbocycles. The molecule has 1 atom stereocenters. The van der Waals surface area contributed by atoms with E-state index in [2.05, 4.69) is 15.5 Å². The fourth-order valence-corrected chi connectivity index (χ4v) is 3.23. The lowest BCUT2D eigenvalue weighted by Crippen LogP contribution is -2.30. The van der Waals surface area contributed by atoms with Crippen molar-refractivity contribution in [3.8, 4) is 0 Å². The lowest BCUT2D eigenvalue weighted by atomic mass is 10.1. The first-order valence-electron chi connectivity index (χ1n) is 7.64. The van der Waals surface area contributed by atoms with Gasteiger partial charge in [-0.15, -0.1) is 10.2 Å². The quantitative estimate of drug-likeness (QED) is 0.709. The molecule has 5 nitrogen and oxygen atoms in total. The van der Waals surface area contributed by atoms with E-state index in [0.29, 0.717) is 17.9 Å². The van der Waals surface area contributed by atoms with Crippen LogP contribution >= 0.6 is 23.4 Å². The maximum atomic E-state index is 13.2. The molecule has 1 N–H and O–H groups in total. The normalized spacial score (nSPS) is 12.3. The van der Waals surface area contributed by atoms with Gasteiger partial charge in [0.2, 0.25) is 0 Å². The van der Waals surface area contributed by atoms with Gasteiger partial charge < -0.3 is 5.32 Å². The number of nitrogens with zero attached hydrogens (tertiary/aromatic N) is 3. The van der Waals surface area contributed by atoms with Gasteiger partial charge in [0.15, 0.2) is 11.5 Å². The maximum absolute atomic E-state index is 13.2. The molecule has 0 radical (unpaired) electrons. The van der Waals surface area contributed by atoms with Gasteiger partial charge in [-0.3, -0.25) is 9.20 Å². The van der Waals surface area contributed by atoms with Crippen molar-refractivity contribution in [1.29, 1.82) is 0 Å². The van der Waals surface area contributed by atoms with Crippen molar-refractivity contribution in [2.24, 2.45) is 0 Å². The zero-order chi connectivity index (χ0) is 17.8. The first-order valence-corrected chi connectivity index (χ1v) is 9.42. The molecular formula is C17H16ClFN4OS. The van der Waals surface area contributed by atoms with Crippen LogP contribution in [0.2, 0.25) is 5.02 Å². The Labute approximate surface area is 153 Å². The van der Waals surface area contributed by atoms with Crippen LogP contribution in [0.5, 0.6) is 0 Å². The Morgan fingerprint density at radius 3 is 2.96 bits per heavy atom. The zero-order valence-electron chi connectivity index (χ0n) is 13.4. The Morgan fingerprint density at radius 1 is 1.36 bits per heavy atom. The predicted octanol–water partition coefficient (Wildman–Crippen LogP) is 3.75. The number of rotatable bonds is 6. The summed E-state index contributed by atoms with van der Waals surface area (Å²) >= 11 is 7.67. The van der Waals surface area contributed by atoms with E-state index in [4.69, 9.17) is 11.6 Å². The molecule has 1 amide bonds. The number of hydrogen-bond acceptors (Lipinski definition) is 4. The van der Waals surface area contributed by atoms with E-state index in [9.17, 15) is 9.18 Å². The first-order chi connectivity index (χ1) is 12.1. The minimum absolute atomic E-state index is 0.0761. The molecule has 0 saturated carbocycles. The average molecular weight is 379 g/mol. The second kappa shape index (κ2) is 7.84. The lowest BCUT2D eigenvalue weighted by Gasteiger charge is -2.17. The van der Waals surface area contributed by atoms with Crippen LogP contribution in [0.15, 0.2) is 42.6 Å². The van der Waals surface area contributed by atoms with Crippen LogP contribution in [0.4, 0.5) is 4.39 Å². The molecule has 0 fully saturated rings. The molecule has 1 aromatic carbocycles. The summed E-state index contributed by atoms with van der Waals surface area (Å²) in [5.74, 6) is 0.632. The average Bonchev–Trinajstić information content (AvgIpc) is 3.02. The standard InChI is InChI=1S/C17H16ClFN4OS/c1-25-9-7-14(16-22-21-15-4-2-3-8-23(15)16)20-17(24)12-6-5-11(19)10-13(12)18/h2-6,8,10,14H,7,9H2,1H3,(H,20,24). The van der Waals surface area contributed by atoms with Crippen LogP contribution in [-0.2, 0) is 0 Å². The second-order valence-electron chi connectivity index (χ2n) is 5.42. The van der Waals surface area contributed by atoms with Crippen LogP contribution in [0.3, 0.4) is 0 Å². The third-order valence-corrected chi connectivity index (χ3v) is 4.70. The Hall–Kier alpha value is -2.12. The molecule has 8 heteroatoms. The van der Waals surface area contributed by atoms with Gasteiger partial charge in [-0.1, -0.05) is 17.7 Å². The molecule has 3 aromatic rings. The van der Waals surface area contributed by atoms with E-state index in [1.54, 1.807) is 11.8 Å². The zero-order valence-corrected chi connectivity index (χ0v) is 15.0. The molecule has 1 unspecified atom stereocenters. The van der Waals surface area contributed by atoms with Crippen molar-refractivity contribution in [1.82, 2.24) is 19.9 Å². The minimum Gasteiger partial charge on any atom is -0.342 e. The highest BCUT2D eigenvalue weighted by Crippen LogP contribution is 2.21. The van der Waals surface area contributed by atoms with Crippen molar-refractivity contribution in [2.75, 3.05) is 12.0 Å². The maximum Gasteiger partial charge on any atom is 0.253 e. The van der Waals surface area contributed by atoms with Crippen molar-refractivity contribution in [3.05, 3.63) is 64.8 Å². The molecular weight excluding hydrogens is 363 g/mol. The number of thioether (sulfide) groups is 1. The van der Waals surface area contributed by atoms with Gasteiger partial charge in [0.25, 0.3) is 5.91 Å². The van der Waals surface area contributed by atoms with E-state index in [1.165, 1.54) is 12.1 Å². The molecule has 25 heavy (non-hydrogen) atoms. The van der Waals surface area contributed by atoms with E-state index in [-0.39, 0.29) is 22.5 Å². The highest BCUT2D eigenvalue weighted by atomic mass is 35.5. The fourth-order valence-electron chi connectivity index (χ4n) is 2.51. The second-order valence-corrected chi connectivity index (χ2v) is 6.81. The number of nitrogens with one attached hydrogen (secondary N) is 1. The van der Waals surface area contributed by atoms with E-state index in [0.717, 1.165) is 11.8 Å². The Kier molecular flexibility index (Phi) is 5.55. The summed E-state index contributed by atoms with van der Waals surface area (Å²) in [5, 5.41) is 11.4. The summed E-state index contributed by atoms with van der Waals surface area (Å²) in [4.78, 5) is 12.6. The number of carbonyl (C=O) groups excluding carboxylic acids is 1. The summed E-state index contributed by atoms with van der Waals surface area (Å²) < 4.78 is 15.0. The summed E-state index contributed by atoms with van der Waals surface area (Å²) in [5.41, 5.74) is 0.937. The fraction of sp³-hybridized carbons (Fsp3) is 0.235. The molecule has 3 rings (SSSR count). The molecule has 0 aliphatic heterocycles. The van der Waals surface area contributed by atoms with Crippen molar-refractivity contribution in [3.63, 3.8) is 0 Å². The van der Waals surface area contributed by atoms with Crippen molar-refractivity contribution >= 4 is 34.9 Å². The molecule has 0 spiro atoms. The third kappa shape index (κ3) is 3.93. The Morgan fingerprint density at radius 2 is 2.20 bits per heavy atom. The number of carbonyl (C=O) groups is 1. The molecule has 0 aliphatic rings. The van der Waals surface area contributed by atoms with E-state index >= 15 is 0 Å². The summed E-state index contributed by atoms with van der Waals surface area (Å²) in [6.45, 7) is 0. The number of amides is 1. The molecule has 130 valence electrons. The van der Waals surface area contributed by atoms with Crippen LogP contribution in [0.1, 0.15) is 28.6 Å². The first kappa shape index (κ1) is 17.7. The Balaban J connectivity index is 1.89. The number of halogens is 2. The van der Waals surface area contributed by atoms with Gasteiger partial charge in [0.05, 0.1) is 16.6 Å². The van der Waals surface area contributed by atoms with E-state index < -0.39 is 5.82 Å². The summed E-state index contributed by atoms with van der Waals surface area (Å²) in [6, 6.07) is 8.98. The SMILES string of the molecule is CSCCC(NC(=O)c1ccc(F)cc1Cl)c1nnc2ccccn12. The smallest absolute Gasteiger partial charge is 0.253 e. The molecule has 0 bridgehead atoms. The highest BCUT2D eigenvalue weighted by molar-refractivity contribution is 7.98. The van der Waals surface area contributed by atoms with Gasteiger partial charge in [-0.2, -0.15) is 11.8 Å². The summed E-state index contributed by atoms with van der Waals surface area (Å²) in [7, 11) is 0. The number of pyridine rings is 1. The van der Waals surface area contributed by atoms with Crippen molar-refractivity contribution in [2.45, 2.75) is 12.5 Å². The Bertz CT molecular complexity index is 901. The van der Waals surface area contributed by atoms with Crippen LogP contribution < -0.4 is 5.32 Å². The molecule has 2 aromatic heterocycles. The van der Waals surface area contributed by atoms with E-state index in [1.807, 2.05) is 35.1 Å². The van der Waals surface area contributed by atoms with Crippen LogP contribution in [0.25, 0.3) is 5.65 Å². The topological polar surface area (TPSA) is 59.3 Å². The van der Waals surface area contributed by atoms with Crippen LogP contribution in [-0.4, -0.2) is 32.5 Å². The highest BCUT2D eigenvalue weighted by Gasteiger charge is 2.22. The largest absolute Gasteiger partial charge is 0.342 e. The number of hydrogen-bond donors (Lipinski definition) is 1. The molecule has 0 saturated heterocycles.